The second kappa shape index (κ2) is 4.20. The third kappa shape index (κ3) is 2.02. The van der Waals surface area contributed by atoms with Crippen LogP contribution in [0, 0.1) is 5.92 Å². The molecule has 2 aromatic rings. The summed E-state index contributed by atoms with van der Waals surface area (Å²) >= 11 is 0. The third-order valence-electron chi connectivity index (χ3n) is 3.25. The highest BCUT2D eigenvalue weighted by Gasteiger charge is 2.19. The summed E-state index contributed by atoms with van der Waals surface area (Å²) in [5, 5.41) is 0. The lowest BCUT2D eigenvalue weighted by Crippen LogP contribution is -2.19. The Morgan fingerprint density at radius 1 is 1.47 bits per heavy atom. The zero-order valence-corrected chi connectivity index (χ0v) is 9.57. The summed E-state index contributed by atoms with van der Waals surface area (Å²) in [7, 11) is 0. The van der Waals surface area contributed by atoms with Gasteiger partial charge in [-0.1, -0.05) is 12.8 Å². The highest BCUT2D eigenvalue weighted by molar-refractivity contribution is 5.74. The Morgan fingerprint density at radius 2 is 2.29 bits per heavy atom. The molecule has 1 aliphatic rings. The van der Waals surface area contributed by atoms with Crippen LogP contribution < -0.4 is 15.5 Å². The molecule has 0 aromatic carbocycles. The Morgan fingerprint density at radius 3 is 3.12 bits per heavy atom. The van der Waals surface area contributed by atoms with Crippen molar-refractivity contribution >= 4 is 17.1 Å². The zero-order valence-electron chi connectivity index (χ0n) is 9.57. The Bertz CT molecular complexity index is 518. The third-order valence-corrected chi connectivity index (χ3v) is 3.25. The van der Waals surface area contributed by atoms with Gasteiger partial charge in [0.05, 0.1) is 12.9 Å². The number of hydrogen-bond acceptors (Lipinski definition) is 4. The number of H-pyrrole nitrogens is 2. The van der Waals surface area contributed by atoms with Gasteiger partial charge in [0.1, 0.15) is 0 Å². The summed E-state index contributed by atoms with van der Waals surface area (Å²) in [6, 6.07) is 0. The molecular weight excluding hydrogens is 218 g/mol. The molecule has 6 nitrogen and oxygen atoms in total. The number of ether oxygens (including phenoxy) is 1. The molecule has 0 saturated heterocycles. The zero-order chi connectivity index (χ0) is 11.7. The van der Waals surface area contributed by atoms with Crippen molar-refractivity contribution < 1.29 is 9.72 Å². The summed E-state index contributed by atoms with van der Waals surface area (Å²) in [5.41, 5.74) is 7.03. The van der Waals surface area contributed by atoms with Gasteiger partial charge in [-0.15, -0.1) is 0 Å². The Balaban J connectivity index is 1.81. The van der Waals surface area contributed by atoms with Crippen molar-refractivity contribution in [3.63, 3.8) is 0 Å². The average Bonchev–Trinajstić information content (AvgIpc) is 2.95. The fourth-order valence-electron chi connectivity index (χ4n) is 2.35. The van der Waals surface area contributed by atoms with E-state index in [-0.39, 0.29) is 0 Å². The van der Waals surface area contributed by atoms with Gasteiger partial charge in [-0.3, -0.25) is 5.73 Å². The first kappa shape index (κ1) is 10.3. The second-order valence-electron chi connectivity index (χ2n) is 4.51. The maximum atomic E-state index is 5.80. The maximum Gasteiger partial charge on any atom is 0.392 e. The van der Waals surface area contributed by atoms with Gasteiger partial charge in [0.15, 0.2) is 5.52 Å². The van der Waals surface area contributed by atoms with Gasteiger partial charge in [0.2, 0.25) is 0 Å². The standard InChI is InChI=1S/C11H15N5O/c12-11-15-9-8(13-6-14-9)10(16-11)17-5-7-3-1-2-4-7/h6-7H,1-5H2,(H3,12,13,14,15,16)/p+1. The summed E-state index contributed by atoms with van der Waals surface area (Å²) in [6.45, 7) is 0.730. The van der Waals surface area contributed by atoms with Crippen LogP contribution in [0.25, 0.3) is 11.2 Å². The average molecular weight is 234 g/mol. The Hall–Kier alpha value is -1.85. The fraction of sp³-hybridized carbons (Fsp3) is 0.545. The monoisotopic (exact) mass is 234 g/mol. The van der Waals surface area contributed by atoms with Crippen molar-refractivity contribution in [2.45, 2.75) is 25.7 Å². The van der Waals surface area contributed by atoms with E-state index in [0.29, 0.717) is 23.4 Å². The number of nitrogens with zero attached hydrogens (tertiary/aromatic N) is 2. The van der Waals surface area contributed by atoms with Crippen LogP contribution in [0.3, 0.4) is 0 Å². The summed E-state index contributed by atoms with van der Waals surface area (Å²) in [5.74, 6) is 1.62. The van der Waals surface area contributed by atoms with Gasteiger partial charge in [-0.25, -0.2) is 9.97 Å². The first-order valence-corrected chi connectivity index (χ1v) is 5.97. The minimum absolute atomic E-state index is 0.325. The van der Waals surface area contributed by atoms with Crippen molar-refractivity contribution in [3.05, 3.63) is 6.33 Å². The first-order valence-electron chi connectivity index (χ1n) is 5.97. The number of aromatic amines is 2. The van der Waals surface area contributed by atoms with Crippen molar-refractivity contribution in [1.29, 1.82) is 0 Å². The first-order chi connectivity index (χ1) is 8.33. The molecule has 90 valence electrons. The predicted octanol–water partition coefficient (Wildman–Crippen LogP) is 0.923. The molecule has 0 aliphatic heterocycles. The van der Waals surface area contributed by atoms with E-state index in [1.807, 2.05) is 0 Å². The number of nitrogen functional groups attached to an aromatic ring is 1. The molecule has 0 unspecified atom stereocenters. The highest BCUT2D eigenvalue weighted by Crippen LogP contribution is 2.25. The van der Waals surface area contributed by atoms with E-state index in [0.717, 1.165) is 12.1 Å². The smallest absolute Gasteiger partial charge is 0.392 e. The van der Waals surface area contributed by atoms with Crippen LogP contribution in [0.15, 0.2) is 6.33 Å². The van der Waals surface area contributed by atoms with Crippen LogP contribution in [0.4, 0.5) is 5.95 Å². The highest BCUT2D eigenvalue weighted by atomic mass is 16.5. The van der Waals surface area contributed by atoms with Crippen LogP contribution in [0.5, 0.6) is 5.88 Å². The van der Waals surface area contributed by atoms with Gasteiger partial charge in [0, 0.05) is 0 Å². The minimum atomic E-state index is 0.325. The van der Waals surface area contributed by atoms with Crippen molar-refractivity contribution in [2.24, 2.45) is 5.92 Å². The lowest BCUT2D eigenvalue weighted by atomic mass is 10.1. The number of anilines is 1. The molecule has 2 aromatic heterocycles. The largest absolute Gasteiger partial charge is 0.466 e. The van der Waals surface area contributed by atoms with Crippen LogP contribution in [0.1, 0.15) is 25.7 Å². The van der Waals surface area contributed by atoms with Gasteiger partial charge < -0.3 is 9.72 Å². The molecule has 0 bridgehead atoms. The molecule has 0 atom stereocenters. The number of aromatic nitrogens is 4. The molecule has 1 aliphatic carbocycles. The molecule has 1 fully saturated rings. The second-order valence-corrected chi connectivity index (χ2v) is 4.51. The van der Waals surface area contributed by atoms with E-state index >= 15 is 0 Å². The lowest BCUT2D eigenvalue weighted by molar-refractivity contribution is -0.379. The van der Waals surface area contributed by atoms with Gasteiger partial charge >= 0.3 is 5.95 Å². The Kier molecular flexibility index (Phi) is 2.55. The number of nitrogens with two attached hydrogens (primary N) is 1. The molecule has 3 rings (SSSR count). The van der Waals surface area contributed by atoms with Crippen molar-refractivity contribution in [1.82, 2.24) is 15.0 Å². The topological polar surface area (TPSA) is 91.0 Å². The van der Waals surface area contributed by atoms with E-state index in [1.54, 1.807) is 6.33 Å². The molecule has 17 heavy (non-hydrogen) atoms. The van der Waals surface area contributed by atoms with Crippen LogP contribution in [0.2, 0.25) is 0 Å². The van der Waals surface area contributed by atoms with Gasteiger partial charge in [-0.2, -0.15) is 0 Å². The number of nitrogens with one attached hydrogen (secondary N) is 2. The Labute approximate surface area is 98.6 Å². The molecule has 2 heterocycles. The molecule has 0 radical (unpaired) electrons. The maximum absolute atomic E-state index is 5.80. The molecule has 6 heteroatoms. The SMILES string of the molecule is Nc1nc2nc[nH]c2c(OCC2CCCC2)[nH+]1. The molecule has 4 N–H and O–H groups in total. The van der Waals surface area contributed by atoms with E-state index < -0.39 is 0 Å². The molecule has 0 spiro atoms. The van der Waals surface area contributed by atoms with E-state index in [2.05, 4.69) is 19.9 Å². The summed E-state index contributed by atoms with van der Waals surface area (Å²) < 4.78 is 5.80. The van der Waals surface area contributed by atoms with E-state index in [4.69, 9.17) is 10.5 Å². The van der Waals surface area contributed by atoms with Crippen LogP contribution in [-0.4, -0.2) is 21.6 Å². The number of rotatable bonds is 3. The molecular formula is C11H16N5O+. The number of fused-ring (bicyclic) bond motifs is 1. The fourth-order valence-corrected chi connectivity index (χ4v) is 2.35. The van der Waals surface area contributed by atoms with Crippen molar-refractivity contribution in [3.8, 4) is 5.88 Å². The number of hydrogen-bond donors (Lipinski definition) is 2. The summed E-state index contributed by atoms with van der Waals surface area (Å²) in [6.07, 6.45) is 6.73. The predicted molar refractivity (Wildman–Crippen MR) is 62.3 cm³/mol. The van der Waals surface area contributed by atoms with Crippen LogP contribution in [-0.2, 0) is 0 Å². The van der Waals surface area contributed by atoms with Crippen LogP contribution >= 0.6 is 0 Å². The molecule has 0 amide bonds. The minimum Gasteiger partial charge on any atom is -0.466 e. The quantitative estimate of drug-likeness (QED) is 0.826. The normalized spacial score (nSPS) is 16.7. The molecule has 1 saturated carbocycles. The lowest BCUT2D eigenvalue weighted by Gasteiger charge is -2.09. The summed E-state index contributed by atoms with van der Waals surface area (Å²) in [4.78, 5) is 14.1. The van der Waals surface area contributed by atoms with E-state index in [1.165, 1.54) is 25.7 Å². The van der Waals surface area contributed by atoms with Gasteiger partial charge in [0.25, 0.3) is 11.5 Å². The van der Waals surface area contributed by atoms with Gasteiger partial charge in [-0.05, 0) is 23.7 Å². The van der Waals surface area contributed by atoms with Crippen molar-refractivity contribution in [2.75, 3.05) is 12.3 Å². The van der Waals surface area contributed by atoms with E-state index in [9.17, 15) is 0 Å². The number of imidazole rings is 1.